The molecule has 1 heterocycles. The maximum atomic E-state index is 10.8. The van der Waals surface area contributed by atoms with Crippen LogP contribution in [0.2, 0.25) is 0 Å². The molecule has 0 atom stereocenters. The highest BCUT2D eigenvalue weighted by molar-refractivity contribution is 7.10. The van der Waals surface area contributed by atoms with Crippen LogP contribution in [0.4, 0.5) is 0 Å². The van der Waals surface area contributed by atoms with E-state index in [4.69, 9.17) is 0 Å². The molecule has 1 aromatic heterocycles. The van der Waals surface area contributed by atoms with E-state index >= 15 is 0 Å². The molecule has 0 spiro atoms. The summed E-state index contributed by atoms with van der Waals surface area (Å²) in [6.45, 7) is 0. The molecule has 0 aromatic carbocycles. The number of hydrogen-bond donors (Lipinski definition) is 0. The Labute approximate surface area is 62.2 Å². The molecule has 10 heavy (non-hydrogen) atoms. The summed E-state index contributed by atoms with van der Waals surface area (Å²) < 4.78 is 0. The lowest BCUT2D eigenvalue weighted by Crippen LogP contribution is -2.02. The number of nitrogens with zero attached hydrogens (tertiary/aromatic N) is 1. The molecule has 1 aromatic rings. The first-order valence-corrected chi connectivity index (χ1v) is 3.87. The molecule has 0 saturated heterocycles. The van der Waals surface area contributed by atoms with Crippen molar-refractivity contribution in [3.8, 4) is 0 Å². The van der Waals surface area contributed by atoms with Gasteiger partial charge in [-0.3, -0.25) is 4.79 Å². The Morgan fingerprint density at radius 2 is 2.40 bits per heavy atom. The molecule has 0 radical (unpaired) electrons. The molecule has 0 aliphatic heterocycles. The van der Waals surface area contributed by atoms with E-state index < -0.39 is 0 Å². The minimum absolute atomic E-state index is 0.178. The van der Waals surface area contributed by atoms with Crippen molar-refractivity contribution in [2.45, 2.75) is 6.42 Å². The predicted octanol–water partition coefficient (Wildman–Crippen LogP) is 1.28. The number of ketones is 1. The van der Waals surface area contributed by atoms with Gasteiger partial charge in [-0.25, -0.2) is 4.98 Å². The minimum atomic E-state index is 0.178. The van der Waals surface area contributed by atoms with E-state index in [1.165, 1.54) is 0 Å². The van der Waals surface area contributed by atoms with Crippen LogP contribution in [0.3, 0.4) is 0 Å². The predicted molar refractivity (Wildman–Crippen MR) is 39.9 cm³/mol. The van der Waals surface area contributed by atoms with Crippen molar-refractivity contribution in [1.82, 2.24) is 4.98 Å². The SMILES string of the molecule is O=C1C=Cc2ncsc2C1. The van der Waals surface area contributed by atoms with Gasteiger partial charge in [-0.15, -0.1) is 11.3 Å². The first-order chi connectivity index (χ1) is 4.86. The zero-order valence-electron chi connectivity index (χ0n) is 5.20. The Kier molecular flexibility index (Phi) is 1.17. The molecule has 2 nitrogen and oxygen atoms in total. The number of thiazole rings is 1. The normalized spacial score (nSPS) is 15.4. The average molecular weight is 151 g/mol. The van der Waals surface area contributed by atoms with Crippen molar-refractivity contribution in [3.05, 3.63) is 22.2 Å². The first-order valence-electron chi connectivity index (χ1n) is 2.99. The molecule has 0 unspecified atom stereocenters. The molecular weight excluding hydrogens is 146 g/mol. The Morgan fingerprint density at radius 1 is 1.50 bits per heavy atom. The number of fused-ring (bicyclic) bond motifs is 1. The second kappa shape index (κ2) is 2.02. The van der Waals surface area contributed by atoms with E-state index in [-0.39, 0.29) is 5.78 Å². The van der Waals surface area contributed by atoms with E-state index in [1.807, 2.05) is 0 Å². The zero-order chi connectivity index (χ0) is 6.97. The van der Waals surface area contributed by atoms with Gasteiger partial charge in [0.2, 0.25) is 0 Å². The third-order valence-electron chi connectivity index (χ3n) is 1.43. The highest BCUT2D eigenvalue weighted by atomic mass is 32.1. The number of hydrogen-bond acceptors (Lipinski definition) is 3. The number of allylic oxidation sites excluding steroid dienone is 1. The highest BCUT2D eigenvalue weighted by Crippen LogP contribution is 2.19. The lowest BCUT2D eigenvalue weighted by atomic mass is 10.1. The van der Waals surface area contributed by atoms with Gasteiger partial charge in [0.1, 0.15) is 0 Å². The number of carbonyl (C=O) groups excluding carboxylic acids is 1. The molecule has 0 saturated carbocycles. The monoisotopic (exact) mass is 151 g/mol. The summed E-state index contributed by atoms with van der Waals surface area (Å²) >= 11 is 1.55. The van der Waals surface area contributed by atoms with Crippen molar-refractivity contribution >= 4 is 23.2 Å². The molecule has 1 aliphatic carbocycles. The van der Waals surface area contributed by atoms with Gasteiger partial charge in [-0.05, 0) is 12.2 Å². The number of carbonyl (C=O) groups is 1. The van der Waals surface area contributed by atoms with Gasteiger partial charge in [0.25, 0.3) is 0 Å². The maximum Gasteiger partial charge on any atom is 0.161 e. The fraction of sp³-hybridized carbons (Fsp3) is 0.143. The Morgan fingerprint density at radius 3 is 3.30 bits per heavy atom. The van der Waals surface area contributed by atoms with Gasteiger partial charge in [0, 0.05) is 11.3 Å². The van der Waals surface area contributed by atoms with Gasteiger partial charge in [0.05, 0.1) is 11.2 Å². The average Bonchev–Trinajstić information content (AvgIpc) is 2.33. The van der Waals surface area contributed by atoms with Gasteiger partial charge < -0.3 is 0 Å². The van der Waals surface area contributed by atoms with E-state index in [0.717, 1.165) is 10.6 Å². The fourth-order valence-corrected chi connectivity index (χ4v) is 1.70. The van der Waals surface area contributed by atoms with Crippen LogP contribution >= 0.6 is 11.3 Å². The molecule has 1 aliphatic rings. The molecule has 0 fully saturated rings. The molecule has 3 heteroatoms. The van der Waals surface area contributed by atoms with Crippen LogP contribution in [0, 0.1) is 0 Å². The first kappa shape index (κ1) is 5.80. The Balaban J connectivity index is 2.52. The summed E-state index contributed by atoms with van der Waals surface area (Å²) in [5, 5.41) is 0. The maximum absolute atomic E-state index is 10.8. The Bertz CT molecular complexity index is 300. The molecule has 0 bridgehead atoms. The lowest BCUT2D eigenvalue weighted by Gasteiger charge is -1.99. The van der Waals surface area contributed by atoms with E-state index in [9.17, 15) is 4.79 Å². The topological polar surface area (TPSA) is 30.0 Å². The van der Waals surface area contributed by atoms with E-state index in [2.05, 4.69) is 4.98 Å². The molecular formula is C7H5NOS. The van der Waals surface area contributed by atoms with Crippen LogP contribution < -0.4 is 0 Å². The third-order valence-corrected chi connectivity index (χ3v) is 2.28. The summed E-state index contributed by atoms with van der Waals surface area (Å²) in [7, 11) is 0. The van der Waals surface area contributed by atoms with Gasteiger partial charge >= 0.3 is 0 Å². The smallest absolute Gasteiger partial charge is 0.161 e. The van der Waals surface area contributed by atoms with Crippen LogP contribution in [-0.2, 0) is 11.2 Å². The van der Waals surface area contributed by atoms with Gasteiger partial charge in [-0.1, -0.05) is 0 Å². The van der Waals surface area contributed by atoms with Crippen molar-refractivity contribution in [2.24, 2.45) is 0 Å². The molecule has 50 valence electrons. The second-order valence-corrected chi connectivity index (χ2v) is 3.08. The molecule has 0 N–H and O–H groups in total. The van der Waals surface area contributed by atoms with Crippen LogP contribution in [0.5, 0.6) is 0 Å². The summed E-state index contributed by atoms with van der Waals surface area (Å²) in [6, 6.07) is 0. The number of aromatic nitrogens is 1. The van der Waals surface area contributed by atoms with E-state index in [1.54, 1.807) is 29.0 Å². The van der Waals surface area contributed by atoms with Crippen LogP contribution in [0.1, 0.15) is 10.6 Å². The van der Waals surface area contributed by atoms with E-state index in [0.29, 0.717) is 6.42 Å². The fourth-order valence-electron chi connectivity index (χ4n) is 0.936. The minimum Gasteiger partial charge on any atom is -0.294 e. The number of rotatable bonds is 0. The standard InChI is InChI=1S/C7H5NOS/c9-5-1-2-6-7(3-5)10-4-8-6/h1-2,4H,3H2. The largest absolute Gasteiger partial charge is 0.294 e. The second-order valence-electron chi connectivity index (χ2n) is 2.14. The zero-order valence-corrected chi connectivity index (χ0v) is 6.02. The van der Waals surface area contributed by atoms with Crippen molar-refractivity contribution in [3.63, 3.8) is 0 Å². The Hall–Kier alpha value is -0.960. The van der Waals surface area contributed by atoms with Gasteiger partial charge in [0.15, 0.2) is 5.78 Å². The summed E-state index contributed by atoms with van der Waals surface area (Å²) in [6.07, 6.45) is 3.90. The summed E-state index contributed by atoms with van der Waals surface area (Å²) in [5.41, 5.74) is 2.73. The van der Waals surface area contributed by atoms with Crippen LogP contribution in [0.25, 0.3) is 6.08 Å². The van der Waals surface area contributed by atoms with Crippen molar-refractivity contribution in [1.29, 1.82) is 0 Å². The van der Waals surface area contributed by atoms with Crippen LogP contribution in [-0.4, -0.2) is 10.8 Å². The highest BCUT2D eigenvalue weighted by Gasteiger charge is 2.11. The third kappa shape index (κ3) is 0.789. The quantitative estimate of drug-likeness (QED) is 0.559. The lowest BCUT2D eigenvalue weighted by molar-refractivity contribution is -0.114. The van der Waals surface area contributed by atoms with Crippen molar-refractivity contribution in [2.75, 3.05) is 0 Å². The molecule has 0 amide bonds. The van der Waals surface area contributed by atoms with Crippen LogP contribution in [0.15, 0.2) is 11.6 Å². The van der Waals surface area contributed by atoms with Gasteiger partial charge in [-0.2, -0.15) is 0 Å². The summed E-state index contributed by atoms with van der Waals surface area (Å²) in [4.78, 5) is 16.0. The van der Waals surface area contributed by atoms with Crippen molar-refractivity contribution < 1.29 is 4.79 Å². The molecule has 2 rings (SSSR count). The summed E-state index contributed by atoms with van der Waals surface area (Å²) in [5.74, 6) is 0.178.